The second-order valence-corrected chi connectivity index (χ2v) is 4.30. The smallest absolute Gasteiger partial charge is 0.0947 e. The van der Waals surface area contributed by atoms with Crippen LogP contribution in [0.3, 0.4) is 0 Å². The largest absolute Gasteiger partial charge is 0.387 e. The molecule has 0 heterocycles. The zero-order valence-electron chi connectivity index (χ0n) is 9.30. The Labute approximate surface area is 81.8 Å². The average Bonchev–Trinajstić information content (AvgIpc) is 2.00. The summed E-state index contributed by atoms with van der Waals surface area (Å²) in [5.74, 6) is 1.21. The maximum absolute atomic E-state index is 7.26. The van der Waals surface area contributed by atoms with Crippen LogP contribution in [0, 0.1) is 17.2 Å². The topological polar surface area (TPSA) is 53.1 Å². The van der Waals surface area contributed by atoms with Gasteiger partial charge in [0.15, 0.2) is 0 Å². The Bertz CT molecular complexity index is 154. The summed E-state index contributed by atoms with van der Waals surface area (Å²) < 4.78 is 0. The lowest BCUT2D eigenvalue weighted by Crippen LogP contribution is -2.32. The molecule has 13 heavy (non-hydrogen) atoms. The van der Waals surface area contributed by atoms with Gasteiger partial charge in [-0.3, -0.25) is 5.41 Å². The van der Waals surface area contributed by atoms with Crippen molar-refractivity contribution in [1.82, 2.24) is 4.90 Å². The fourth-order valence-electron chi connectivity index (χ4n) is 1.14. The van der Waals surface area contributed by atoms with Crippen molar-refractivity contribution >= 4 is 5.84 Å². The predicted octanol–water partition coefficient (Wildman–Crippen LogP) is 1.54. The van der Waals surface area contributed by atoms with Crippen LogP contribution in [0.5, 0.6) is 0 Å². The van der Waals surface area contributed by atoms with Crippen molar-refractivity contribution in [3.05, 3.63) is 0 Å². The first kappa shape index (κ1) is 12.4. The highest BCUT2D eigenvalue weighted by atomic mass is 15.1. The molecule has 1 unspecified atom stereocenters. The van der Waals surface area contributed by atoms with Gasteiger partial charge in [0.25, 0.3) is 0 Å². The maximum Gasteiger partial charge on any atom is 0.0947 e. The van der Waals surface area contributed by atoms with E-state index in [-0.39, 0.29) is 11.8 Å². The molecule has 0 aromatic rings. The van der Waals surface area contributed by atoms with Crippen LogP contribution in [0.15, 0.2) is 0 Å². The number of hydrogen-bond donors (Lipinski definition) is 2. The Hall–Kier alpha value is -0.570. The Balaban J connectivity index is 3.61. The molecule has 3 N–H and O–H groups in total. The van der Waals surface area contributed by atoms with Gasteiger partial charge in [-0.2, -0.15) is 0 Å². The lowest BCUT2D eigenvalue weighted by Gasteiger charge is -2.21. The average molecular weight is 185 g/mol. The van der Waals surface area contributed by atoms with Crippen molar-refractivity contribution in [3.8, 4) is 0 Å². The minimum atomic E-state index is 0.178. The molecule has 3 nitrogen and oxygen atoms in total. The fraction of sp³-hybridized carbons (Fsp3) is 0.900. The van der Waals surface area contributed by atoms with Gasteiger partial charge in [-0.25, -0.2) is 0 Å². The Morgan fingerprint density at radius 3 is 2.31 bits per heavy atom. The molecule has 0 saturated heterocycles. The second-order valence-electron chi connectivity index (χ2n) is 4.30. The first-order valence-electron chi connectivity index (χ1n) is 4.96. The summed E-state index contributed by atoms with van der Waals surface area (Å²) in [5, 5.41) is 7.26. The Morgan fingerprint density at radius 1 is 1.38 bits per heavy atom. The van der Waals surface area contributed by atoms with Crippen molar-refractivity contribution in [2.24, 2.45) is 17.6 Å². The molecule has 3 heteroatoms. The molecular formula is C10H23N3. The number of nitrogens with zero attached hydrogens (tertiary/aromatic N) is 1. The number of nitrogens with one attached hydrogen (secondary N) is 1. The third kappa shape index (κ3) is 6.58. The SMILES string of the molecule is CC(C)CCN(C)CC(C)C(=N)N. The van der Waals surface area contributed by atoms with Gasteiger partial charge < -0.3 is 10.6 Å². The molecular weight excluding hydrogens is 162 g/mol. The number of hydrogen-bond acceptors (Lipinski definition) is 2. The lowest BCUT2D eigenvalue weighted by atomic mass is 10.1. The van der Waals surface area contributed by atoms with Gasteiger partial charge in [0.2, 0.25) is 0 Å². The molecule has 0 spiro atoms. The predicted molar refractivity (Wildman–Crippen MR) is 58.0 cm³/mol. The summed E-state index contributed by atoms with van der Waals surface area (Å²) in [6, 6.07) is 0. The molecule has 0 aliphatic heterocycles. The van der Waals surface area contributed by atoms with Crippen LogP contribution in [0.4, 0.5) is 0 Å². The van der Waals surface area contributed by atoms with E-state index in [0.29, 0.717) is 0 Å². The van der Waals surface area contributed by atoms with Crippen molar-refractivity contribution in [2.75, 3.05) is 20.1 Å². The highest BCUT2D eigenvalue weighted by molar-refractivity contribution is 5.79. The minimum absolute atomic E-state index is 0.178. The van der Waals surface area contributed by atoms with Crippen molar-refractivity contribution < 1.29 is 0 Å². The maximum atomic E-state index is 7.26. The van der Waals surface area contributed by atoms with Gasteiger partial charge in [-0.05, 0) is 25.9 Å². The third-order valence-electron chi connectivity index (χ3n) is 2.20. The molecule has 0 fully saturated rings. The van der Waals surface area contributed by atoms with Gasteiger partial charge in [0.1, 0.15) is 0 Å². The first-order chi connectivity index (χ1) is 5.93. The van der Waals surface area contributed by atoms with E-state index >= 15 is 0 Å². The van der Waals surface area contributed by atoms with E-state index in [2.05, 4.69) is 25.8 Å². The van der Waals surface area contributed by atoms with Crippen LogP contribution in [0.1, 0.15) is 27.2 Å². The van der Waals surface area contributed by atoms with E-state index in [1.807, 2.05) is 6.92 Å². The van der Waals surface area contributed by atoms with E-state index < -0.39 is 0 Å². The molecule has 0 amide bonds. The number of rotatable bonds is 6. The number of nitrogens with two attached hydrogens (primary N) is 1. The van der Waals surface area contributed by atoms with Gasteiger partial charge in [-0.15, -0.1) is 0 Å². The van der Waals surface area contributed by atoms with Crippen molar-refractivity contribution in [1.29, 1.82) is 5.41 Å². The van der Waals surface area contributed by atoms with Gasteiger partial charge >= 0.3 is 0 Å². The van der Waals surface area contributed by atoms with Gasteiger partial charge in [0.05, 0.1) is 5.84 Å². The summed E-state index contributed by atoms with van der Waals surface area (Å²) in [4.78, 5) is 2.24. The summed E-state index contributed by atoms with van der Waals surface area (Å²) in [7, 11) is 2.09. The van der Waals surface area contributed by atoms with Crippen LogP contribution in [0.2, 0.25) is 0 Å². The van der Waals surface area contributed by atoms with Gasteiger partial charge in [0, 0.05) is 12.5 Å². The van der Waals surface area contributed by atoms with Crippen LogP contribution in [0.25, 0.3) is 0 Å². The second kappa shape index (κ2) is 5.97. The quantitative estimate of drug-likeness (QED) is 0.487. The summed E-state index contributed by atoms with van der Waals surface area (Å²) in [5.41, 5.74) is 5.40. The van der Waals surface area contributed by atoms with Crippen LogP contribution in [-0.4, -0.2) is 30.9 Å². The van der Waals surface area contributed by atoms with Crippen molar-refractivity contribution in [2.45, 2.75) is 27.2 Å². The zero-order chi connectivity index (χ0) is 10.4. The normalized spacial score (nSPS) is 13.7. The molecule has 0 aliphatic rings. The van der Waals surface area contributed by atoms with Gasteiger partial charge in [-0.1, -0.05) is 20.8 Å². The standard InChI is InChI=1S/C10H23N3/c1-8(2)5-6-13(4)7-9(3)10(11)12/h8-9H,5-7H2,1-4H3,(H3,11,12). The molecule has 0 rings (SSSR count). The highest BCUT2D eigenvalue weighted by Gasteiger charge is 2.08. The van der Waals surface area contributed by atoms with Crippen LogP contribution < -0.4 is 5.73 Å². The van der Waals surface area contributed by atoms with E-state index in [1.54, 1.807) is 0 Å². The summed E-state index contributed by atoms with van der Waals surface area (Å²) in [6.45, 7) is 8.43. The highest BCUT2D eigenvalue weighted by Crippen LogP contribution is 2.03. The third-order valence-corrected chi connectivity index (χ3v) is 2.20. The molecule has 0 aliphatic carbocycles. The minimum Gasteiger partial charge on any atom is -0.387 e. The summed E-state index contributed by atoms with van der Waals surface area (Å²) in [6.07, 6.45) is 1.21. The van der Waals surface area contributed by atoms with Crippen LogP contribution in [-0.2, 0) is 0 Å². The first-order valence-corrected chi connectivity index (χ1v) is 4.96. The number of amidine groups is 1. The van der Waals surface area contributed by atoms with Crippen LogP contribution >= 0.6 is 0 Å². The fourth-order valence-corrected chi connectivity index (χ4v) is 1.14. The van der Waals surface area contributed by atoms with E-state index in [9.17, 15) is 0 Å². The van der Waals surface area contributed by atoms with E-state index in [0.717, 1.165) is 19.0 Å². The van der Waals surface area contributed by atoms with Crippen molar-refractivity contribution in [3.63, 3.8) is 0 Å². The molecule has 0 radical (unpaired) electrons. The molecule has 1 atom stereocenters. The molecule has 78 valence electrons. The summed E-state index contributed by atoms with van der Waals surface area (Å²) >= 11 is 0. The molecule has 0 aromatic heterocycles. The molecule has 0 saturated carbocycles. The Kier molecular flexibility index (Phi) is 5.71. The zero-order valence-corrected chi connectivity index (χ0v) is 9.30. The molecule has 0 bridgehead atoms. The van der Waals surface area contributed by atoms with E-state index in [1.165, 1.54) is 6.42 Å². The van der Waals surface area contributed by atoms with E-state index in [4.69, 9.17) is 11.1 Å². The lowest BCUT2D eigenvalue weighted by molar-refractivity contribution is 0.293. The Morgan fingerprint density at radius 2 is 1.92 bits per heavy atom. The molecule has 0 aromatic carbocycles. The monoisotopic (exact) mass is 185 g/mol.